The Bertz CT molecular complexity index is 1010. The lowest BCUT2D eigenvalue weighted by atomic mass is 10.2. The standard InChI is InChI=1S/C19H23N3O6/c1-4-9-22-17(20)16(18(25)21(3)19(22)26)13(23)10-28-15(24)11-27-14-8-6-5-7-12(14)2/h5-8H,4,9-11,20H2,1-3H3. The predicted octanol–water partition coefficient (Wildman–Crippen LogP) is 0.653. The van der Waals surface area contributed by atoms with Crippen LogP contribution in [0, 0.1) is 6.92 Å². The smallest absolute Gasteiger partial charge is 0.344 e. The van der Waals surface area contributed by atoms with Gasteiger partial charge in [0.2, 0.25) is 5.78 Å². The Morgan fingerprint density at radius 2 is 1.82 bits per heavy atom. The van der Waals surface area contributed by atoms with Crippen LogP contribution in [-0.2, 0) is 23.1 Å². The summed E-state index contributed by atoms with van der Waals surface area (Å²) in [6.07, 6.45) is 0.584. The number of anilines is 1. The number of carbonyl (C=O) groups is 2. The van der Waals surface area contributed by atoms with Crippen molar-refractivity contribution in [2.75, 3.05) is 18.9 Å². The van der Waals surface area contributed by atoms with E-state index in [0.29, 0.717) is 12.2 Å². The zero-order valence-electron chi connectivity index (χ0n) is 16.1. The van der Waals surface area contributed by atoms with Crippen molar-refractivity contribution in [2.45, 2.75) is 26.8 Å². The van der Waals surface area contributed by atoms with Crippen molar-refractivity contribution in [3.63, 3.8) is 0 Å². The van der Waals surface area contributed by atoms with E-state index in [1.54, 1.807) is 12.1 Å². The lowest BCUT2D eigenvalue weighted by Gasteiger charge is -2.14. The summed E-state index contributed by atoms with van der Waals surface area (Å²) in [6.45, 7) is 2.84. The third kappa shape index (κ3) is 4.48. The summed E-state index contributed by atoms with van der Waals surface area (Å²) in [5, 5.41) is 0. The van der Waals surface area contributed by atoms with Crippen LogP contribution in [0.2, 0.25) is 0 Å². The maximum absolute atomic E-state index is 12.4. The van der Waals surface area contributed by atoms with Crippen LogP contribution in [0.5, 0.6) is 5.75 Å². The molecule has 28 heavy (non-hydrogen) atoms. The molecule has 0 amide bonds. The maximum atomic E-state index is 12.4. The predicted molar refractivity (Wildman–Crippen MR) is 103 cm³/mol. The van der Waals surface area contributed by atoms with Gasteiger partial charge in [-0.1, -0.05) is 25.1 Å². The van der Waals surface area contributed by atoms with E-state index in [1.165, 1.54) is 7.05 Å². The summed E-state index contributed by atoms with van der Waals surface area (Å²) in [4.78, 5) is 48.7. The van der Waals surface area contributed by atoms with Gasteiger partial charge in [-0.25, -0.2) is 9.59 Å². The van der Waals surface area contributed by atoms with Gasteiger partial charge < -0.3 is 15.2 Å². The molecule has 0 radical (unpaired) electrons. The van der Waals surface area contributed by atoms with Crippen LogP contribution in [0.15, 0.2) is 33.9 Å². The molecule has 0 aliphatic heterocycles. The highest BCUT2D eigenvalue weighted by atomic mass is 16.6. The number of Topliss-reactive ketones (excluding diaryl/α,β-unsaturated/α-hetero) is 1. The first-order chi connectivity index (χ1) is 13.3. The number of aryl methyl sites for hydroxylation is 1. The fourth-order valence-corrected chi connectivity index (χ4v) is 2.60. The Balaban J connectivity index is 2.09. The van der Waals surface area contributed by atoms with Crippen molar-refractivity contribution in [3.8, 4) is 5.75 Å². The molecule has 0 fully saturated rings. The van der Waals surface area contributed by atoms with E-state index in [9.17, 15) is 19.2 Å². The summed E-state index contributed by atoms with van der Waals surface area (Å²) in [5.41, 5.74) is 4.90. The minimum Gasteiger partial charge on any atom is -0.482 e. The first-order valence-electron chi connectivity index (χ1n) is 8.74. The van der Waals surface area contributed by atoms with Crippen molar-refractivity contribution in [3.05, 3.63) is 56.2 Å². The van der Waals surface area contributed by atoms with Crippen molar-refractivity contribution >= 4 is 17.6 Å². The number of para-hydroxylation sites is 1. The van der Waals surface area contributed by atoms with Gasteiger partial charge in [-0.05, 0) is 25.0 Å². The van der Waals surface area contributed by atoms with Crippen molar-refractivity contribution in [2.24, 2.45) is 7.05 Å². The van der Waals surface area contributed by atoms with Gasteiger partial charge in [0, 0.05) is 13.6 Å². The molecular formula is C19H23N3O6. The summed E-state index contributed by atoms with van der Waals surface area (Å²) in [6, 6.07) is 7.13. The number of nitrogen functional groups attached to an aromatic ring is 1. The minimum absolute atomic E-state index is 0.229. The molecule has 0 saturated carbocycles. The molecule has 1 aromatic heterocycles. The van der Waals surface area contributed by atoms with Gasteiger partial charge in [0.05, 0.1) is 0 Å². The number of rotatable bonds is 8. The first kappa shape index (κ1) is 20.9. The molecule has 2 rings (SSSR count). The maximum Gasteiger partial charge on any atom is 0.344 e. The van der Waals surface area contributed by atoms with Crippen molar-refractivity contribution in [1.82, 2.24) is 9.13 Å². The number of hydrogen-bond acceptors (Lipinski definition) is 7. The second-order valence-corrected chi connectivity index (χ2v) is 6.20. The fraction of sp³-hybridized carbons (Fsp3) is 0.368. The number of ether oxygens (including phenoxy) is 2. The number of nitrogens with zero attached hydrogens (tertiary/aromatic N) is 2. The van der Waals surface area contributed by atoms with Gasteiger partial charge in [-0.2, -0.15) is 0 Å². The molecule has 2 N–H and O–H groups in total. The number of ketones is 1. The zero-order valence-corrected chi connectivity index (χ0v) is 16.1. The number of hydrogen-bond donors (Lipinski definition) is 1. The first-order valence-corrected chi connectivity index (χ1v) is 8.74. The Labute approximate surface area is 161 Å². The molecule has 9 heteroatoms. The second-order valence-electron chi connectivity index (χ2n) is 6.20. The quantitative estimate of drug-likeness (QED) is 0.519. The Morgan fingerprint density at radius 1 is 1.14 bits per heavy atom. The van der Waals surface area contributed by atoms with Crippen molar-refractivity contribution < 1.29 is 19.1 Å². The lowest BCUT2D eigenvalue weighted by molar-refractivity contribution is -0.144. The van der Waals surface area contributed by atoms with Crippen LogP contribution in [0.25, 0.3) is 0 Å². The summed E-state index contributed by atoms with van der Waals surface area (Å²) in [7, 11) is 1.26. The average molecular weight is 389 g/mol. The third-order valence-electron chi connectivity index (χ3n) is 4.11. The van der Waals surface area contributed by atoms with Crippen molar-refractivity contribution in [1.29, 1.82) is 0 Å². The SMILES string of the molecule is CCCn1c(N)c(C(=O)COC(=O)COc2ccccc2C)c(=O)n(C)c1=O. The van der Waals surface area contributed by atoms with Gasteiger partial charge in [0.25, 0.3) is 5.56 Å². The van der Waals surface area contributed by atoms with Gasteiger partial charge in [0.15, 0.2) is 13.2 Å². The molecule has 2 aromatic rings. The third-order valence-corrected chi connectivity index (χ3v) is 4.11. The summed E-state index contributed by atoms with van der Waals surface area (Å²) < 4.78 is 12.2. The summed E-state index contributed by atoms with van der Waals surface area (Å²) in [5.74, 6) is -1.26. The van der Waals surface area contributed by atoms with Gasteiger partial charge in [-0.15, -0.1) is 0 Å². The van der Waals surface area contributed by atoms with Gasteiger partial charge >= 0.3 is 11.7 Å². The zero-order chi connectivity index (χ0) is 20.8. The van der Waals surface area contributed by atoms with Gasteiger partial charge in [0.1, 0.15) is 17.1 Å². The van der Waals surface area contributed by atoms with E-state index in [0.717, 1.165) is 14.7 Å². The van der Waals surface area contributed by atoms with E-state index in [-0.39, 0.29) is 24.5 Å². The Hall–Kier alpha value is -3.36. The number of benzene rings is 1. The molecule has 0 aliphatic rings. The molecule has 0 saturated heterocycles. The molecule has 0 spiro atoms. The Kier molecular flexibility index (Phi) is 6.75. The largest absolute Gasteiger partial charge is 0.482 e. The van der Waals surface area contributed by atoms with E-state index in [2.05, 4.69) is 0 Å². The fourth-order valence-electron chi connectivity index (χ4n) is 2.60. The van der Waals surface area contributed by atoms with E-state index in [4.69, 9.17) is 15.2 Å². The highest BCUT2D eigenvalue weighted by Crippen LogP contribution is 2.16. The highest BCUT2D eigenvalue weighted by Gasteiger charge is 2.22. The van der Waals surface area contributed by atoms with Crippen LogP contribution in [-0.4, -0.2) is 34.1 Å². The van der Waals surface area contributed by atoms with Crippen LogP contribution < -0.4 is 21.7 Å². The van der Waals surface area contributed by atoms with E-state index < -0.39 is 29.6 Å². The molecule has 0 aliphatic carbocycles. The van der Waals surface area contributed by atoms with Crippen LogP contribution >= 0.6 is 0 Å². The Morgan fingerprint density at radius 3 is 2.46 bits per heavy atom. The average Bonchev–Trinajstić information content (AvgIpc) is 2.67. The normalized spacial score (nSPS) is 10.5. The lowest BCUT2D eigenvalue weighted by Crippen LogP contribution is -2.43. The number of nitrogens with two attached hydrogens (primary N) is 1. The monoisotopic (exact) mass is 389 g/mol. The number of aromatic nitrogens is 2. The number of carbonyl (C=O) groups excluding carboxylic acids is 2. The molecule has 0 unspecified atom stereocenters. The molecule has 1 heterocycles. The molecule has 1 aromatic carbocycles. The second kappa shape index (κ2) is 9.03. The van der Waals surface area contributed by atoms with E-state index >= 15 is 0 Å². The van der Waals surface area contributed by atoms with Crippen LogP contribution in [0.4, 0.5) is 5.82 Å². The highest BCUT2D eigenvalue weighted by molar-refractivity contribution is 6.01. The van der Waals surface area contributed by atoms with Gasteiger partial charge in [-0.3, -0.25) is 18.7 Å². The minimum atomic E-state index is -0.827. The molecule has 150 valence electrons. The topological polar surface area (TPSA) is 123 Å². The summed E-state index contributed by atoms with van der Waals surface area (Å²) >= 11 is 0. The molecule has 0 atom stereocenters. The van der Waals surface area contributed by atoms with Crippen LogP contribution in [0.3, 0.4) is 0 Å². The van der Waals surface area contributed by atoms with E-state index in [1.807, 2.05) is 26.0 Å². The number of esters is 1. The molecular weight excluding hydrogens is 366 g/mol. The molecule has 0 bridgehead atoms. The molecule has 9 nitrogen and oxygen atoms in total. The van der Waals surface area contributed by atoms with Crippen LogP contribution in [0.1, 0.15) is 29.3 Å².